The molecule has 2 saturated carbocycles. The molecule has 0 unspecified atom stereocenters. The number of methoxy groups -OCH3 is 1. The predicted octanol–water partition coefficient (Wildman–Crippen LogP) is 3.49. The van der Waals surface area contributed by atoms with Gasteiger partial charge in [0.05, 0.1) is 24.6 Å². The minimum absolute atomic E-state index is 0.0817. The molecule has 154 valence electrons. The number of carbonyl (C=O) groups excluding carboxylic acids is 3. The molecule has 1 saturated heterocycles. The Morgan fingerprint density at radius 1 is 0.967 bits per heavy atom. The summed E-state index contributed by atoms with van der Waals surface area (Å²) < 4.78 is 10.8. The normalized spacial score (nSPS) is 26.8. The van der Waals surface area contributed by atoms with E-state index < -0.39 is 0 Å². The minimum Gasteiger partial charge on any atom is -0.497 e. The summed E-state index contributed by atoms with van der Waals surface area (Å²) in [5.41, 5.74) is 1.02. The van der Waals surface area contributed by atoms with E-state index in [1.54, 1.807) is 55.6 Å². The number of imide groups is 1. The van der Waals surface area contributed by atoms with Gasteiger partial charge in [0.1, 0.15) is 11.5 Å². The second kappa shape index (κ2) is 7.27. The molecule has 6 nitrogen and oxygen atoms in total. The highest BCUT2D eigenvalue weighted by Gasteiger charge is 2.61. The lowest BCUT2D eigenvalue weighted by molar-refractivity contribution is -0.123. The van der Waals surface area contributed by atoms with Gasteiger partial charge in [0.2, 0.25) is 11.8 Å². The van der Waals surface area contributed by atoms with E-state index in [2.05, 4.69) is 0 Å². The highest BCUT2D eigenvalue weighted by Crippen LogP contribution is 2.56. The summed E-state index contributed by atoms with van der Waals surface area (Å²) in [5, 5.41) is 0. The third-order valence-electron chi connectivity index (χ3n) is 6.76. The summed E-state index contributed by atoms with van der Waals surface area (Å²) in [6, 6.07) is 13.8. The van der Waals surface area contributed by atoms with E-state index in [0.717, 1.165) is 19.3 Å². The Bertz CT molecular complexity index is 1000. The number of benzene rings is 2. The first kappa shape index (κ1) is 18.9. The quantitative estimate of drug-likeness (QED) is 0.543. The molecule has 3 fully saturated rings. The highest BCUT2D eigenvalue weighted by molar-refractivity contribution is 6.22. The van der Waals surface area contributed by atoms with Crippen LogP contribution in [0.2, 0.25) is 0 Å². The maximum atomic E-state index is 13.0. The molecular weight excluding hydrogens is 382 g/mol. The first-order valence-corrected chi connectivity index (χ1v) is 10.3. The number of nitrogens with zero attached hydrogens (tertiary/aromatic N) is 1. The van der Waals surface area contributed by atoms with Gasteiger partial charge >= 0.3 is 0 Å². The molecule has 0 N–H and O–H groups in total. The Labute approximate surface area is 174 Å². The molecule has 2 amide bonds. The summed E-state index contributed by atoms with van der Waals surface area (Å²) in [4.78, 5) is 39.8. The summed E-state index contributed by atoms with van der Waals surface area (Å²) >= 11 is 0. The van der Waals surface area contributed by atoms with Crippen LogP contribution < -0.4 is 14.4 Å². The Balaban J connectivity index is 1.31. The zero-order valence-electron chi connectivity index (χ0n) is 16.7. The zero-order chi connectivity index (χ0) is 20.8. The van der Waals surface area contributed by atoms with Crippen molar-refractivity contribution < 1.29 is 23.9 Å². The molecule has 6 heteroatoms. The van der Waals surface area contributed by atoms with Crippen LogP contribution in [-0.4, -0.2) is 31.3 Å². The number of hydrogen-bond donors (Lipinski definition) is 0. The Morgan fingerprint density at radius 3 is 2.33 bits per heavy atom. The Morgan fingerprint density at radius 2 is 1.63 bits per heavy atom. The fourth-order valence-corrected chi connectivity index (χ4v) is 5.40. The largest absolute Gasteiger partial charge is 0.497 e. The lowest BCUT2D eigenvalue weighted by Crippen LogP contribution is -2.32. The summed E-state index contributed by atoms with van der Waals surface area (Å²) in [6.07, 6.45) is 3.11. The number of rotatable bonds is 6. The van der Waals surface area contributed by atoms with Gasteiger partial charge in [-0.1, -0.05) is 18.2 Å². The maximum absolute atomic E-state index is 13.0. The molecule has 4 atom stereocenters. The predicted molar refractivity (Wildman–Crippen MR) is 110 cm³/mol. The standard InChI is InChI=1S/C24H23NO5/c1-29-18-6-2-4-14(11-18)20(26)13-30-19-7-3-5-17(12-19)25-23(27)21-15-8-9-16(10-15)22(21)24(25)28/h2-7,11-12,15-16,21-22H,8-10,13H2,1H3/t15-,16-,21-,22+/m1/s1. The van der Waals surface area contributed by atoms with Crippen molar-refractivity contribution in [3.8, 4) is 11.5 Å². The number of hydrogen-bond acceptors (Lipinski definition) is 5. The van der Waals surface area contributed by atoms with Crippen LogP contribution in [0, 0.1) is 23.7 Å². The summed E-state index contributed by atoms with van der Waals surface area (Å²) in [6.45, 7) is -0.145. The van der Waals surface area contributed by atoms with Crippen molar-refractivity contribution in [2.45, 2.75) is 19.3 Å². The van der Waals surface area contributed by atoms with E-state index in [4.69, 9.17) is 9.47 Å². The third-order valence-corrected chi connectivity index (χ3v) is 6.76. The topological polar surface area (TPSA) is 72.9 Å². The van der Waals surface area contributed by atoms with E-state index in [0.29, 0.717) is 34.6 Å². The van der Waals surface area contributed by atoms with E-state index >= 15 is 0 Å². The van der Waals surface area contributed by atoms with Gasteiger partial charge in [-0.25, -0.2) is 4.90 Å². The van der Waals surface area contributed by atoms with Gasteiger partial charge in [-0.05, 0) is 55.4 Å². The van der Waals surface area contributed by atoms with E-state index in [1.807, 2.05) is 0 Å². The number of ketones is 1. The number of fused-ring (bicyclic) bond motifs is 5. The van der Waals surface area contributed by atoms with Gasteiger partial charge in [-0.3, -0.25) is 14.4 Å². The van der Waals surface area contributed by atoms with Crippen molar-refractivity contribution in [2.24, 2.45) is 23.7 Å². The fraction of sp³-hybridized carbons (Fsp3) is 0.375. The Kier molecular flexibility index (Phi) is 4.57. The molecule has 30 heavy (non-hydrogen) atoms. The average molecular weight is 405 g/mol. The van der Waals surface area contributed by atoms with Crippen LogP contribution in [0.1, 0.15) is 29.6 Å². The molecule has 1 heterocycles. The lowest BCUT2D eigenvalue weighted by atomic mass is 9.81. The molecule has 2 bridgehead atoms. The molecule has 0 aromatic heterocycles. The van der Waals surface area contributed by atoms with Gasteiger partial charge in [0.25, 0.3) is 0 Å². The van der Waals surface area contributed by atoms with E-state index in [-0.39, 0.29) is 36.0 Å². The maximum Gasteiger partial charge on any atom is 0.237 e. The first-order chi connectivity index (χ1) is 14.6. The van der Waals surface area contributed by atoms with Crippen molar-refractivity contribution >= 4 is 23.3 Å². The van der Waals surface area contributed by atoms with Crippen LogP contribution in [0.5, 0.6) is 11.5 Å². The van der Waals surface area contributed by atoms with E-state index in [9.17, 15) is 14.4 Å². The van der Waals surface area contributed by atoms with Gasteiger partial charge < -0.3 is 9.47 Å². The first-order valence-electron chi connectivity index (χ1n) is 10.3. The molecule has 1 aliphatic heterocycles. The minimum atomic E-state index is -0.182. The molecule has 0 spiro atoms. The molecule has 2 aromatic rings. The van der Waals surface area contributed by atoms with Gasteiger partial charge in [-0.2, -0.15) is 0 Å². The number of amides is 2. The monoisotopic (exact) mass is 405 g/mol. The molecule has 5 rings (SSSR count). The number of Topliss-reactive ketones (excluding diaryl/α,β-unsaturated/α-hetero) is 1. The van der Waals surface area contributed by atoms with Crippen LogP contribution >= 0.6 is 0 Å². The smallest absolute Gasteiger partial charge is 0.237 e. The molecule has 2 aliphatic carbocycles. The second-order valence-electron chi connectivity index (χ2n) is 8.34. The van der Waals surface area contributed by atoms with Crippen LogP contribution in [0.4, 0.5) is 5.69 Å². The van der Waals surface area contributed by atoms with Crippen molar-refractivity contribution in [3.05, 3.63) is 54.1 Å². The fourth-order valence-electron chi connectivity index (χ4n) is 5.40. The number of carbonyl (C=O) groups is 3. The van der Waals surface area contributed by atoms with Crippen molar-refractivity contribution in [1.82, 2.24) is 0 Å². The molecular formula is C24H23NO5. The second-order valence-corrected chi connectivity index (χ2v) is 8.34. The number of anilines is 1. The van der Waals surface area contributed by atoms with Crippen molar-refractivity contribution in [2.75, 3.05) is 18.6 Å². The molecule has 2 aromatic carbocycles. The van der Waals surface area contributed by atoms with E-state index in [1.165, 1.54) is 4.90 Å². The van der Waals surface area contributed by atoms with Gasteiger partial charge in [-0.15, -0.1) is 0 Å². The third kappa shape index (κ3) is 2.98. The summed E-state index contributed by atoms with van der Waals surface area (Å²) in [7, 11) is 1.55. The van der Waals surface area contributed by atoms with Crippen LogP contribution in [-0.2, 0) is 9.59 Å². The molecule has 0 radical (unpaired) electrons. The SMILES string of the molecule is COc1cccc(C(=O)COc2cccc(N3C(=O)[C@@H]4[C@@H]5CC[C@H](C5)[C@@H]4C3=O)c2)c1. The van der Waals surface area contributed by atoms with Crippen LogP contribution in [0.25, 0.3) is 0 Å². The van der Waals surface area contributed by atoms with Crippen molar-refractivity contribution in [3.63, 3.8) is 0 Å². The van der Waals surface area contributed by atoms with Crippen molar-refractivity contribution in [1.29, 1.82) is 0 Å². The van der Waals surface area contributed by atoms with Gasteiger partial charge in [0, 0.05) is 11.6 Å². The number of ether oxygens (including phenoxy) is 2. The molecule has 3 aliphatic rings. The van der Waals surface area contributed by atoms with Crippen LogP contribution in [0.15, 0.2) is 48.5 Å². The van der Waals surface area contributed by atoms with Gasteiger partial charge in [0.15, 0.2) is 12.4 Å². The highest BCUT2D eigenvalue weighted by atomic mass is 16.5. The lowest BCUT2D eigenvalue weighted by Gasteiger charge is -2.19. The average Bonchev–Trinajstić information content (AvgIpc) is 3.46. The zero-order valence-corrected chi connectivity index (χ0v) is 16.7. The Hall–Kier alpha value is -3.15. The van der Waals surface area contributed by atoms with Crippen LogP contribution in [0.3, 0.4) is 0 Å². The summed E-state index contributed by atoms with van der Waals surface area (Å²) in [5.74, 6) is 1.09.